The monoisotopic (exact) mass is 248 g/mol. The van der Waals surface area contributed by atoms with Crippen molar-refractivity contribution in [3.8, 4) is 11.3 Å². The second-order valence-electron chi connectivity index (χ2n) is 4.12. The number of aromatic nitrogens is 2. The number of aromatic amines is 1. The lowest BCUT2D eigenvalue weighted by atomic mass is 10.0. The van der Waals surface area contributed by atoms with Crippen LogP contribution in [-0.4, -0.2) is 10.2 Å². The second kappa shape index (κ2) is 4.37. The maximum Gasteiger partial charge on any atom is 0.126 e. The summed E-state index contributed by atoms with van der Waals surface area (Å²) < 4.78 is 14.1. The first kappa shape index (κ1) is 11.9. The molecule has 2 nitrogen and oxygen atoms in total. The fraction of sp³-hybridized carbons (Fsp3) is 0.231. The van der Waals surface area contributed by atoms with Crippen LogP contribution in [0.3, 0.4) is 0 Å². The van der Waals surface area contributed by atoms with Crippen molar-refractivity contribution in [2.24, 2.45) is 0 Å². The first-order valence-electron chi connectivity index (χ1n) is 5.33. The van der Waals surface area contributed by atoms with E-state index in [1.807, 2.05) is 19.9 Å². The minimum absolute atomic E-state index is 0.219. The number of benzene rings is 1. The summed E-state index contributed by atoms with van der Waals surface area (Å²) >= 11 is 5.10. The van der Waals surface area contributed by atoms with Crippen LogP contribution in [0, 0.1) is 31.2 Å². The molecule has 0 aliphatic rings. The Labute approximate surface area is 105 Å². The molecule has 0 bridgehead atoms. The van der Waals surface area contributed by atoms with E-state index >= 15 is 0 Å². The van der Waals surface area contributed by atoms with Crippen molar-refractivity contribution in [2.75, 3.05) is 0 Å². The van der Waals surface area contributed by atoms with E-state index < -0.39 is 0 Å². The molecule has 0 amide bonds. The zero-order valence-electron chi connectivity index (χ0n) is 9.97. The fourth-order valence-corrected chi connectivity index (χ4v) is 1.84. The number of H-pyrrole nitrogens is 1. The van der Waals surface area contributed by atoms with Crippen LogP contribution in [0.15, 0.2) is 18.2 Å². The van der Waals surface area contributed by atoms with Crippen LogP contribution in [0.5, 0.6) is 0 Å². The molecule has 0 saturated heterocycles. The van der Waals surface area contributed by atoms with Crippen molar-refractivity contribution < 1.29 is 4.39 Å². The van der Waals surface area contributed by atoms with Gasteiger partial charge in [0.25, 0.3) is 0 Å². The van der Waals surface area contributed by atoms with Gasteiger partial charge < -0.3 is 0 Å². The highest BCUT2D eigenvalue weighted by Crippen LogP contribution is 2.24. The molecule has 0 spiro atoms. The average molecular weight is 248 g/mol. The van der Waals surface area contributed by atoms with E-state index in [4.69, 9.17) is 12.2 Å². The van der Waals surface area contributed by atoms with E-state index in [2.05, 4.69) is 10.2 Å². The van der Waals surface area contributed by atoms with E-state index in [9.17, 15) is 4.39 Å². The Hall–Kier alpha value is -1.55. The minimum atomic E-state index is -0.219. The summed E-state index contributed by atoms with van der Waals surface area (Å²) in [5.41, 5.74) is 4.10. The lowest BCUT2D eigenvalue weighted by Gasteiger charge is -2.08. The van der Waals surface area contributed by atoms with Crippen molar-refractivity contribution >= 4 is 12.2 Å². The fourth-order valence-electron chi connectivity index (χ4n) is 1.64. The highest BCUT2D eigenvalue weighted by molar-refractivity contribution is 7.71. The third-order valence-corrected chi connectivity index (χ3v) is 3.37. The highest BCUT2D eigenvalue weighted by Gasteiger charge is 2.09. The van der Waals surface area contributed by atoms with E-state index in [0.717, 1.165) is 22.4 Å². The van der Waals surface area contributed by atoms with Gasteiger partial charge in [0.2, 0.25) is 0 Å². The topological polar surface area (TPSA) is 28.7 Å². The van der Waals surface area contributed by atoms with Crippen molar-refractivity contribution in [3.05, 3.63) is 45.3 Å². The molecule has 2 rings (SSSR count). The number of hydrogen-bond donors (Lipinski definition) is 1. The molecule has 0 saturated carbocycles. The molecule has 0 atom stereocenters. The zero-order chi connectivity index (χ0) is 12.6. The molecule has 17 heavy (non-hydrogen) atoms. The third kappa shape index (κ3) is 2.13. The standard InChI is InChI=1S/C13H13FN2S/c1-7-4-5-10(6-11(7)14)12-8(2)9(3)13(17)16-15-12/h4-6H,1-3H3,(H,16,17). The Morgan fingerprint density at radius 3 is 2.53 bits per heavy atom. The number of aryl methyl sites for hydroxylation is 1. The molecule has 1 N–H and O–H groups in total. The van der Waals surface area contributed by atoms with Crippen LogP contribution in [0.2, 0.25) is 0 Å². The number of nitrogens with zero attached hydrogens (tertiary/aromatic N) is 1. The summed E-state index contributed by atoms with van der Waals surface area (Å²) in [6.07, 6.45) is 0. The van der Waals surface area contributed by atoms with Crippen LogP contribution in [0.25, 0.3) is 11.3 Å². The zero-order valence-corrected chi connectivity index (χ0v) is 10.8. The number of halogens is 1. The molecule has 1 heterocycles. The third-order valence-electron chi connectivity index (χ3n) is 2.97. The Balaban J connectivity index is 2.65. The quantitative estimate of drug-likeness (QED) is 0.776. The maximum atomic E-state index is 13.5. The summed E-state index contributed by atoms with van der Waals surface area (Å²) in [5, 5.41) is 6.97. The van der Waals surface area contributed by atoms with E-state index in [-0.39, 0.29) is 5.82 Å². The molecule has 2 aromatic rings. The smallest absolute Gasteiger partial charge is 0.126 e. The molecule has 0 fully saturated rings. The van der Waals surface area contributed by atoms with Crippen LogP contribution < -0.4 is 0 Å². The van der Waals surface area contributed by atoms with Crippen LogP contribution >= 0.6 is 12.2 Å². The summed E-state index contributed by atoms with van der Waals surface area (Å²) in [5.74, 6) is -0.219. The van der Waals surface area contributed by atoms with Gasteiger partial charge in [0.1, 0.15) is 10.5 Å². The van der Waals surface area contributed by atoms with Crippen LogP contribution in [0.1, 0.15) is 16.7 Å². The molecule has 1 aromatic carbocycles. The number of rotatable bonds is 1. The Morgan fingerprint density at radius 2 is 1.88 bits per heavy atom. The predicted octanol–water partition coefficient (Wildman–Crippen LogP) is 3.87. The second-order valence-corrected chi connectivity index (χ2v) is 4.52. The van der Waals surface area contributed by atoms with E-state index in [0.29, 0.717) is 10.2 Å². The lowest BCUT2D eigenvalue weighted by Crippen LogP contribution is -1.97. The maximum absolute atomic E-state index is 13.5. The molecule has 88 valence electrons. The predicted molar refractivity (Wildman–Crippen MR) is 69.0 cm³/mol. The lowest BCUT2D eigenvalue weighted by molar-refractivity contribution is 0.619. The van der Waals surface area contributed by atoms with Gasteiger partial charge in [-0.25, -0.2) is 4.39 Å². The Kier molecular flexibility index (Phi) is 3.07. The summed E-state index contributed by atoms with van der Waals surface area (Å²) in [6, 6.07) is 5.12. The Bertz CT molecular complexity index is 632. The van der Waals surface area contributed by atoms with Crippen molar-refractivity contribution in [3.63, 3.8) is 0 Å². The SMILES string of the molecule is Cc1ccc(-c2n[nH]c(=S)c(C)c2C)cc1F. The van der Waals surface area contributed by atoms with Crippen molar-refractivity contribution in [1.82, 2.24) is 10.2 Å². The first-order valence-corrected chi connectivity index (χ1v) is 5.74. The van der Waals surface area contributed by atoms with Gasteiger partial charge in [-0.15, -0.1) is 0 Å². The van der Waals surface area contributed by atoms with Gasteiger partial charge in [-0.05, 0) is 43.5 Å². The number of nitrogens with one attached hydrogen (secondary N) is 1. The molecular formula is C13H13FN2S. The molecule has 0 radical (unpaired) electrons. The number of hydrogen-bond acceptors (Lipinski definition) is 2. The van der Waals surface area contributed by atoms with Gasteiger partial charge in [-0.2, -0.15) is 5.10 Å². The van der Waals surface area contributed by atoms with Crippen LogP contribution in [0.4, 0.5) is 4.39 Å². The van der Waals surface area contributed by atoms with E-state index in [1.54, 1.807) is 13.0 Å². The highest BCUT2D eigenvalue weighted by atomic mass is 32.1. The van der Waals surface area contributed by atoms with Gasteiger partial charge in [-0.3, -0.25) is 5.10 Å². The van der Waals surface area contributed by atoms with Gasteiger partial charge in [-0.1, -0.05) is 24.4 Å². The van der Waals surface area contributed by atoms with Gasteiger partial charge in [0.05, 0.1) is 5.69 Å². The van der Waals surface area contributed by atoms with Gasteiger partial charge in [0.15, 0.2) is 0 Å². The summed E-state index contributed by atoms with van der Waals surface area (Å²) in [6.45, 7) is 5.62. The van der Waals surface area contributed by atoms with Gasteiger partial charge >= 0.3 is 0 Å². The normalized spacial score (nSPS) is 10.6. The summed E-state index contributed by atoms with van der Waals surface area (Å²) in [7, 11) is 0. The molecule has 4 heteroatoms. The average Bonchev–Trinajstić information content (AvgIpc) is 2.30. The first-order chi connectivity index (χ1) is 8.00. The molecule has 0 unspecified atom stereocenters. The summed E-state index contributed by atoms with van der Waals surface area (Å²) in [4.78, 5) is 0. The minimum Gasteiger partial charge on any atom is -0.267 e. The van der Waals surface area contributed by atoms with E-state index in [1.165, 1.54) is 6.07 Å². The van der Waals surface area contributed by atoms with Crippen LogP contribution in [-0.2, 0) is 0 Å². The molecule has 0 aliphatic carbocycles. The largest absolute Gasteiger partial charge is 0.267 e. The Morgan fingerprint density at radius 1 is 1.18 bits per heavy atom. The van der Waals surface area contributed by atoms with Crippen molar-refractivity contribution in [2.45, 2.75) is 20.8 Å². The molecule has 0 aliphatic heterocycles. The molecule has 1 aromatic heterocycles. The molecular weight excluding hydrogens is 235 g/mol. The van der Waals surface area contributed by atoms with Crippen molar-refractivity contribution in [1.29, 1.82) is 0 Å². The van der Waals surface area contributed by atoms with Gasteiger partial charge in [0, 0.05) is 5.56 Å².